The van der Waals surface area contributed by atoms with E-state index in [1.165, 1.54) is 10.1 Å². The van der Waals surface area contributed by atoms with E-state index in [1.807, 2.05) is 13.0 Å². The van der Waals surface area contributed by atoms with Crippen molar-refractivity contribution in [1.82, 2.24) is 19.9 Å². The second-order valence-corrected chi connectivity index (χ2v) is 7.44. The smallest absolute Gasteiger partial charge is 0.272 e. The second-order valence-electron chi connectivity index (χ2n) is 7.44. The third-order valence-corrected chi connectivity index (χ3v) is 4.34. The van der Waals surface area contributed by atoms with E-state index in [4.69, 9.17) is 4.74 Å². The molecule has 0 saturated carbocycles. The van der Waals surface area contributed by atoms with Gasteiger partial charge in [-0.05, 0) is 18.9 Å². The number of H-pyrrole nitrogens is 1. The molecule has 2 aromatic heterocycles. The highest BCUT2D eigenvalue weighted by molar-refractivity contribution is 5.41. The van der Waals surface area contributed by atoms with Crippen LogP contribution in [0.3, 0.4) is 0 Å². The Labute approximate surface area is 141 Å². The molecule has 1 aliphatic heterocycles. The summed E-state index contributed by atoms with van der Waals surface area (Å²) in [6, 6.07) is 3.55. The van der Waals surface area contributed by atoms with Crippen LogP contribution in [0, 0.1) is 0 Å². The first-order valence-electron chi connectivity index (χ1n) is 8.47. The lowest BCUT2D eigenvalue weighted by molar-refractivity contribution is 0.148. The molecule has 0 aromatic carbocycles. The zero-order valence-corrected chi connectivity index (χ0v) is 14.8. The monoisotopic (exact) mass is 330 g/mol. The average molecular weight is 330 g/mol. The third-order valence-electron chi connectivity index (χ3n) is 4.34. The molecule has 130 valence electrons. The Kier molecular flexibility index (Phi) is 4.60. The molecule has 1 aliphatic rings. The van der Waals surface area contributed by atoms with Crippen molar-refractivity contribution in [3.63, 3.8) is 0 Å². The molecule has 2 N–H and O–H groups in total. The molecule has 0 spiro atoms. The van der Waals surface area contributed by atoms with Crippen molar-refractivity contribution in [1.29, 1.82) is 0 Å². The summed E-state index contributed by atoms with van der Waals surface area (Å²) in [7, 11) is 0. The topological polar surface area (TPSA) is 71.4 Å². The standard InChI is InChI=1S/C18H26N4O2/c1-12(19-10-13-6-5-7-24-11-13)14-8-17(23)22-16(20-14)9-15(21-22)18(2,3)4/h6,8-9,12,19,21H,5,7,10-11H2,1-4H3/t12-/m0/s1. The number of rotatable bonds is 4. The molecule has 24 heavy (non-hydrogen) atoms. The SMILES string of the molecule is C[C@H](NCC1=CCCOC1)c1cc(=O)n2[nH]c(C(C)(C)C)cc2n1. The van der Waals surface area contributed by atoms with Gasteiger partial charge in [-0.1, -0.05) is 26.8 Å². The van der Waals surface area contributed by atoms with Gasteiger partial charge in [-0.15, -0.1) is 0 Å². The van der Waals surface area contributed by atoms with E-state index in [2.05, 4.69) is 42.2 Å². The zero-order chi connectivity index (χ0) is 17.3. The Morgan fingerprint density at radius 2 is 2.21 bits per heavy atom. The van der Waals surface area contributed by atoms with Gasteiger partial charge in [0.05, 0.1) is 18.9 Å². The van der Waals surface area contributed by atoms with Gasteiger partial charge in [-0.3, -0.25) is 9.89 Å². The van der Waals surface area contributed by atoms with E-state index < -0.39 is 0 Å². The quantitative estimate of drug-likeness (QED) is 0.844. The van der Waals surface area contributed by atoms with Crippen LogP contribution >= 0.6 is 0 Å². The Hall–Kier alpha value is -1.92. The molecule has 3 heterocycles. The molecule has 0 amide bonds. The van der Waals surface area contributed by atoms with Crippen molar-refractivity contribution in [2.45, 2.75) is 45.6 Å². The van der Waals surface area contributed by atoms with Crippen molar-refractivity contribution in [2.24, 2.45) is 0 Å². The summed E-state index contributed by atoms with van der Waals surface area (Å²) in [4.78, 5) is 17.0. The van der Waals surface area contributed by atoms with E-state index in [9.17, 15) is 4.79 Å². The van der Waals surface area contributed by atoms with Gasteiger partial charge in [0.25, 0.3) is 5.56 Å². The predicted octanol–water partition coefficient (Wildman–Crippen LogP) is 2.32. The molecule has 0 bridgehead atoms. The maximum Gasteiger partial charge on any atom is 0.272 e. The average Bonchev–Trinajstić information content (AvgIpc) is 2.98. The van der Waals surface area contributed by atoms with E-state index in [-0.39, 0.29) is 17.0 Å². The van der Waals surface area contributed by atoms with Gasteiger partial charge in [0.15, 0.2) is 5.65 Å². The molecule has 1 atom stereocenters. The van der Waals surface area contributed by atoms with Gasteiger partial charge in [-0.25, -0.2) is 9.50 Å². The van der Waals surface area contributed by atoms with Crippen molar-refractivity contribution >= 4 is 5.65 Å². The van der Waals surface area contributed by atoms with Crippen LogP contribution in [0.15, 0.2) is 28.6 Å². The van der Waals surface area contributed by atoms with E-state index in [0.717, 1.165) is 31.0 Å². The summed E-state index contributed by atoms with van der Waals surface area (Å²) in [5.74, 6) is 0. The maximum atomic E-state index is 12.4. The number of aromatic nitrogens is 3. The van der Waals surface area contributed by atoms with Crippen LogP contribution in [-0.2, 0) is 10.2 Å². The second kappa shape index (κ2) is 6.53. The summed E-state index contributed by atoms with van der Waals surface area (Å²) in [6.07, 6.45) is 3.19. The molecular formula is C18H26N4O2. The van der Waals surface area contributed by atoms with Gasteiger partial charge in [-0.2, -0.15) is 0 Å². The minimum atomic E-state index is -0.0839. The molecule has 0 saturated heterocycles. The minimum absolute atomic E-state index is 0.00138. The fraction of sp³-hybridized carbons (Fsp3) is 0.556. The Morgan fingerprint density at radius 1 is 1.42 bits per heavy atom. The third kappa shape index (κ3) is 3.60. The number of nitrogens with zero attached hydrogens (tertiary/aromatic N) is 2. The first-order chi connectivity index (χ1) is 11.3. The van der Waals surface area contributed by atoms with Crippen molar-refractivity contribution < 1.29 is 4.74 Å². The minimum Gasteiger partial charge on any atom is -0.377 e. The fourth-order valence-corrected chi connectivity index (χ4v) is 2.74. The fourth-order valence-electron chi connectivity index (χ4n) is 2.74. The number of hydrogen-bond acceptors (Lipinski definition) is 4. The Morgan fingerprint density at radius 3 is 2.88 bits per heavy atom. The molecule has 0 unspecified atom stereocenters. The molecule has 0 fully saturated rings. The van der Waals surface area contributed by atoms with Crippen LogP contribution in [0.2, 0.25) is 0 Å². The summed E-state index contributed by atoms with van der Waals surface area (Å²) in [5.41, 5.74) is 3.53. The number of nitrogens with one attached hydrogen (secondary N) is 2. The lowest BCUT2D eigenvalue weighted by Crippen LogP contribution is -2.26. The Bertz CT molecular complexity index is 811. The summed E-state index contributed by atoms with van der Waals surface area (Å²) in [6.45, 7) is 10.6. The van der Waals surface area contributed by atoms with Gasteiger partial charge in [0, 0.05) is 35.8 Å². The lowest BCUT2D eigenvalue weighted by atomic mass is 9.93. The number of hydrogen-bond donors (Lipinski definition) is 2. The van der Waals surface area contributed by atoms with Crippen LogP contribution in [0.4, 0.5) is 0 Å². The van der Waals surface area contributed by atoms with E-state index in [0.29, 0.717) is 12.3 Å². The van der Waals surface area contributed by atoms with Crippen LogP contribution in [0.5, 0.6) is 0 Å². The molecule has 6 nitrogen and oxygen atoms in total. The summed E-state index contributed by atoms with van der Waals surface area (Å²) >= 11 is 0. The van der Waals surface area contributed by atoms with Crippen molar-refractivity contribution in [3.8, 4) is 0 Å². The van der Waals surface area contributed by atoms with Gasteiger partial charge in [0.2, 0.25) is 0 Å². The zero-order valence-electron chi connectivity index (χ0n) is 14.8. The van der Waals surface area contributed by atoms with E-state index in [1.54, 1.807) is 6.07 Å². The molecule has 0 radical (unpaired) electrons. The molecular weight excluding hydrogens is 304 g/mol. The largest absolute Gasteiger partial charge is 0.377 e. The number of ether oxygens (including phenoxy) is 1. The van der Waals surface area contributed by atoms with Crippen molar-refractivity contribution in [3.05, 3.63) is 45.5 Å². The lowest BCUT2D eigenvalue weighted by Gasteiger charge is -2.17. The van der Waals surface area contributed by atoms with Gasteiger partial charge < -0.3 is 10.1 Å². The first-order valence-corrected chi connectivity index (χ1v) is 8.47. The Balaban J connectivity index is 1.81. The highest BCUT2D eigenvalue weighted by Crippen LogP contribution is 2.21. The maximum absolute atomic E-state index is 12.4. The van der Waals surface area contributed by atoms with Crippen molar-refractivity contribution in [2.75, 3.05) is 19.8 Å². The van der Waals surface area contributed by atoms with Crippen LogP contribution in [0.1, 0.15) is 51.5 Å². The molecule has 3 rings (SSSR count). The summed E-state index contributed by atoms with van der Waals surface area (Å²) in [5, 5.41) is 6.58. The number of aromatic amines is 1. The summed E-state index contributed by atoms with van der Waals surface area (Å²) < 4.78 is 6.96. The van der Waals surface area contributed by atoms with E-state index >= 15 is 0 Å². The highest BCUT2D eigenvalue weighted by atomic mass is 16.5. The highest BCUT2D eigenvalue weighted by Gasteiger charge is 2.19. The number of fused-ring (bicyclic) bond motifs is 1. The molecule has 0 aliphatic carbocycles. The van der Waals surface area contributed by atoms with Gasteiger partial charge in [0.1, 0.15) is 0 Å². The first kappa shape index (κ1) is 16.9. The van der Waals surface area contributed by atoms with Crippen LogP contribution in [-0.4, -0.2) is 34.4 Å². The van der Waals surface area contributed by atoms with Gasteiger partial charge >= 0.3 is 0 Å². The predicted molar refractivity (Wildman–Crippen MR) is 94.4 cm³/mol. The molecule has 6 heteroatoms. The molecule has 2 aromatic rings. The van der Waals surface area contributed by atoms with Crippen LogP contribution in [0.25, 0.3) is 5.65 Å². The normalized spacial score (nSPS) is 17.1. The van der Waals surface area contributed by atoms with Crippen LogP contribution < -0.4 is 10.9 Å².